The highest BCUT2D eigenvalue weighted by Gasteiger charge is 2.46. The summed E-state index contributed by atoms with van der Waals surface area (Å²) in [7, 11) is 0. The Balaban J connectivity index is 2.31. The first-order chi connectivity index (χ1) is 9.17. The Hall–Kier alpha value is -1.13. The molecule has 1 N–H and O–H groups in total. The topological polar surface area (TPSA) is 38.7 Å². The molecule has 0 amide bonds. The Morgan fingerprint density at radius 3 is 2.58 bits per heavy atom. The van der Waals surface area contributed by atoms with Crippen molar-refractivity contribution in [2.45, 2.75) is 25.7 Å². The Labute approximate surface area is 113 Å². The molecule has 1 aromatic carbocycles. The van der Waals surface area contributed by atoms with Crippen LogP contribution in [0.15, 0.2) is 18.2 Å². The van der Waals surface area contributed by atoms with Crippen molar-refractivity contribution < 1.29 is 19.0 Å². The Morgan fingerprint density at radius 2 is 2.16 bits per heavy atom. The van der Waals surface area contributed by atoms with E-state index >= 15 is 0 Å². The molecule has 1 aliphatic rings. The first-order valence-electron chi connectivity index (χ1n) is 6.79. The predicted octanol–water partition coefficient (Wildman–Crippen LogP) is 2.51. The molecule has 1 aromatic rings. The smallest absolute Gasteiger partial charge is 0.165 e. The normalized spacial score (nSPS) is 18.7. The Morgan fingerprint density at radius 1 is 1.42 bits per heavy atom. The summed E-state index contributed by atoms with van der Waals surface area (Å²) in [6.45, 7) is 5.48. The summed E-state index contributed by atoms with van der Waals surface area (Å²) in [4.78, 5) is 0. The zero-order valence-electron chi connectivity index (χ0n) is 11.5. The molecule has 1 saturated heterocycles. The van der Waals surface area contributed by atoms with Crippen LogP contribution in [0.1, 0.15) is 25.8 Å². The summed E-state index contributed by atoms with van der Waals surface area (Å²) < 4.78 is 24.5. The fraction of sp³-hybridized carbons (Fsp3) is 0.600. The monoisotopic (exact) mass is 268 g/mol. The van der Waals surface area contributed by atoms with Gasteiger partial charge in [0.05, 0.1) is 19.8 Å². The molecule has 4 heteroatoms. The van der Waals surface area contributed by atoms with Gasteiger partial charge < -0.3 is 14.6 Å². The summed E-state index contributed by atoms with van der Waals surface area (Å²) in [5, 5.41) is 9.52. The average Bonchev–Trinajstić information content (AvgIpc) is 2.36. The first-order valence-corrected chi connectivity index (χ1v) is 6.79. The van der Waals surface area contributed by atoms with Gasteiger partial charge in [0.15, 0.2) is 11.6 Å². The summed E-state index contributed by atoms with van der Waals surface area (Å²) in [5.74, 6) is 0.0238. The van der Waals surface area contributed by atoms with E-state index in [2.05, 4.69) is 0 Å². The second-order valence-corrected chi connectivity index (χ2v) is 5.01. The van der Waals surface area contributed by atoms with Gasteiger partial charge in [-0.15, -0.1) is 0 Å². The van der Waals surface area contributed by atoms with Crippen LogP contribution >= 0.6 is 0 Å². The Bertz CT molecular complexity index is 425. The van der Waals surface area contributed by atoms with E-state index in [9.17, 15) is 9.50 Å². The lowest BCUT2D eigenvalue weighted by Gasteiger charge is -2.47. The highest BCUT2D eigenvalue weighted by molar-refractivity contribution is 5.36. The maximum Gasteiger partial charge on any atom is 0.165 e. The number of benzene rings is 1. The van der Waals surface area contributed by atoms with E-state index in [1.165, 1.54) is 6.07 Å². The van der Waals surface area contributed by atoms with Gasteiger partial charge in [0.1, 0.15) is 0 Å². The van der Waals surface area contributed by atoms with Crippen LogP contribution in [0, 0.1) is 11.7 Å². The zero-order valence-corrected chi connectivity index (χ0v) is 11.5. The van der Waals surface area contributed by atoms with E-state index in [1.54, 1.807) is 6.07 Å². The molecule has 1 heterocycles. The second-order valence-electron chi connectivity index (χ2n) is 5.01. The van der Waals surface area contributed by atoms with Crippen molar-refractivity contribution in [3.05, 3.63) is 29.6 Å². The minimum Gasteiger partial charge on any atom is -0.491 e. The van der Waals surface area contributed by atoms with Crippen molar-refractivity contribution in [1.29, 1.82) is 0 Å². The van der Waals surface area contributed by atoms with Crippen molar-refractivity contribution in [2.75, 3.05) is 26.4 Å². The lowest BCUT2D eigenvalue weighted by molar-refractivity contribution is -0.101. The number of rotatable bonds is 6. The molecule has 0 radical (unpaired) electrons. The molecule has 106 valence electrons. The quantitative estimate of drug-likeness (QED) is 0.861. The minimum atomic E-state index is -0.349. The maximum atomic E-state index is 14.0. The third kappa shape index (κ3) is 2.47. The van der Waals surface area contributed by atoms with Crippen LogP contribution in [0.4, 0.5) is 4.39 Å². The summed E-state index contributed by atoms with van der Waals surface area (Å²) >= 11 is 0. The third-order valence-electron chi connectivity index (χ3n) is 4.02. The molecule has 0 saturated carbocycles. The number of hydrogen-bond donors (Lipinski definition) is 1. The van der Waals surface area contributed by atoms with Crippen LogP contribution in [0.2, 0.25) is 0 Å². The molecule has 0 spiro atoms. The van der Waals surface area contributed by atoms with Gasteiger partial charge in [-0.1, -0.05) is 19.4 Å². The average molecular weight is 268 g/mol. The van der Waals surface area contributed by atoms with Gasteiger partial charge >= 0.3 is 0 Å². The maximum absolute atomic E-state index is 14.0. The van der Waals surface area contributed by atoms with Crippen molar-refractivity contribution in [1.82, 2.24) is 0 Å². The van der Waals surface area contributed by atoms with Gasteiger partial charge in [0.25, 0.3) is 0 Å². The van der Waals surface area contributed by atoms with Crippen molar-refractivity contribution in [2.24, 2.45) is 5.92 Å². The molecular formula is C15H21FO3. The van der Waals surface area contributed by atoms with E-state index < -0.39 is 0 Å². The van der Waals surface area contributed by atoms with Crippen molar-refractivity contribution in [3.8, 4) is 5.75 Å². The highest BCUT2D eigenvalue weighted by Crippen LogP contribution is 2.42. The van der Waals surface area contributed by atoms with Crippen LogP contribution < -0.4 is 4.74 Å². The van der Waals surface area contributed by atoms with Crippen LogP contribution in [-0.4, -0.2) is 31.5 Å². The fourth-order valence-electron chi connectivity index (χ4n) is 2.74. The summed E-state index contributed by atoms with van der Waals surface area (Å²) in [6.07, 6.45) is 0.842. The minimum absolute atomic E-state index is 0.0920. The van der Waals surface area contributed by atoms with Gasteiger partial charge in [0.2, 0.25) is 0 Å². The standard InChI is InChI=1S/C15H21FO3/c1-3-11(8-17)15(9-18-10-15)12-5-6-14(19-4-2)13(16)7-12/h5-7,11,17H,3-4,8-10H2,1-2H3. The summed E-state index contributed by atoms with van der Waals surface area (Å²) in [5.41, 5.74) is 0.635. The second kappa shape index (κ2) is 5.88. The number of halogens is 1. The van der Waals surface area contributed by atoms with E-state index in [-0.39, 0.29) is 29.5 Å². The number of ether oxygens (including phenoxy) is 2. The van der Waals surface area contributed by atoms with Gasteiger partial charge in [-0.25, -0.2) is 4.39 Å². The van der Waals surface area contributed by atoms with Crippen molar-refractivity contribution >= 4 is 0 Å². The molecular weight excluding hydrogens is 247 g/mol. The molecule has 0 aliphatic carbocycles. The third-order valence-corrected chi connectivity index (χ3v) is 4.02. The van der Waals surface area contributed by atoms with E-state index in [0.717, 1.165) is 12.0 Å². The fourth-order valence-corrected chi connectivity index (χ4v) is 2.74. The largest absolute Gasteiger partial charge is 0.491 e. The lowest BCUT2D eigenvalue weighted by Crippen LogP contribution is -2.53. The molecule has 1 aliphatic heterocycles. The van der Waals surface area contributed by atoms with Crippen molar-refractivity contribution in [3.63, 3.8) is 0 Å². The van der Waals surface area contributed by atoms with Crippen LogP contribution in [0.3, 0.4) is 0 Å². The molecule has 1 unspecified atom stereocenters. The zero-order chi connectivity index (χ0) is 13.9. The van der Waals surface area contributed by atoms with E-state index in [4.69, 9.17) is 9.47 Å². The summed E-state index contributed by atoms with van der Waals surface area (Å²) in [6, 6.07) is 5.07. The van der Waals surface area contributed by atoms with Gasteiger partial charge in [-0.2, -0.15) is 0 Å². The molecule has 1 atom stereocenters. The van der Waals surface area contributed by atoms with Gasteiger partial charge in [0, 0.05) is 12.0 Å². The van der Waals surface area contributed by atoms with Gasteiger partial charge in [-0.05, 0) is 30.5 Å². The number of aliphatic hydroxyl groups is 1. The molecule has 0 aromatic heterocycles. The molecule has 19 heavy (non-hydrogen) atoms. The first kappa shape index (κ1) is 14.3. The molecule has 1 fully saturated rings. The van der Waals surface area contributed by atoms with Crippen LogP contribution in [-0.2, 0) is 10.2 Å². The lowest BCUT2D eigenvalue weighted by atomic mass is 9.68. The predicted molar refractivity (Wildman–Crippen MR) is 70.9 cm³/mol. The molecule has 2 rings (SSSR count). The number of aliphatic hydroxyl groups excluding tert-OH is 1. The molecule has 3 nitrogen and oxygen atoms in total. The number of hydrogen-bond acceptors (Lipinski definition) is 3. The van der Waals surface area contributed by atoms with Crippen LogP contribution in [0.25, 0.3) is 0 Å². The molecule has 0 bridgehead atoms. The highest BCUT2D eigenvalue weighted by atomic mass is 19.1. The van der Waals surface area contributed by atoms with E-state index in [1.807, 2.05) is 19.9 Å². The SMILES string of the molecule is CCOc1ccc(C2(C(CC)CO)COC2)cc1F. The van der Waals surface area contributed by atoms with Gasteiger partial charge in [-0.3, -0.25) is 0 Å². The van der Waals surface area contributed by atoms with E-state index in [0.29, 0.717) is 19.8 Å². The Kier molecular flexibility index (Phi) is 4.42. The van der Waals surface area contributed by atoms with Crippen LogP contribution in [0.5, 0.6) is 5.75 Å².